The van der Waals surface area contributed by atoms with Crippen LogP contribution in [0.25, 0.3) is 0 Å². The van der Waals surface area contributed by atoms with Crippen molar-refractivity contribution in [1.29, 1.82) is 0 Å². The maximum absolute atomic E-state index is 12.6. The molecule has 0 spiro atoms. The fraction of sp³-hybridized carbons (Fsp3) is 0.125. The largest absolute Gasteiger partial charge is 0.508 e. The molecule has 21 heavy (non-hydrogen) atoms. The summed E-state index contributed by atoms with van der Waals surface area (Å²) in [7, 11) is 0. The van der Waals surface area contributed by atoms with E-state index in [1.165, 1.54) is 17.0 Å². The van der Waals surface area contributed by atoms with Crippen LogP contribution in [0.15, 0.2) is 48.5 Å². The first kappa shape index (κ1) is 13.2. The third-order valence-corrected chi connectivity index (χ3v) is 3.60. The van der Waals surface area contributed by atoms with Crippen molar-refractivity contribution in [1.82, 2.24) is 0 Å². The van der Waals surface area contributed by atoms with Gasteiger partial charge in [-0.05, 0) is 29.8 Å². The third-order valence-electron chi connectivity index (χ3n) is 3.60. The summed E-state index contributed by atoms with van der Waals surface area (Å²) in [5.74, 6) is -1.98. The van der Waals surface area contributed by atoms with Crippen molar-refractivity contribution in [3.05, 3.63) is 59.7 Å². The number of hydrogen-bond donors (Lipinski definition) is 2. The lowest BCUT2D eigenvalue weighted by atomic mass is 10.0. The zero-order chi connectivity index (χ0) is 15.0. The first-order valence-electron chi connectivity index (χ1n) is 6.50. The molecular formula is C16H13NO4. The second kappa shape index (κ2) is 4.94. The van der Waals surface area contributed by atoms with Crippen LogP contribution in [-0.4, -0.2) is 28.6 Å². The Balaban J connectivity index is 2.01. The lowest BCUT2D eigenvalue weighted by molar-refractivity contribution is -0.138. The molecule has 2 aromatic carbocycles. The van der Waals surface area contributed by atoms with Crippen LogP contribution in [-0.2, 0) is 4.79 Å². The van der Waals surface area contributed by atoms with E-state index in [-0.39, 0.29) is 18.2 Å². The number of carbonyl (C=O) groups excluding carboxylic acids is 1. The average molecular weight is 283 g/mol. The maximum Gasteiger partial charge on any atom is 0.312 e. The second-order valence-corrected chi connectivity index (χ2v) is 4.92. The summed E-state index contributed by atoms with van der Waals surface area (Å²) in [5, 5.41) is 18.8. The van der Waals surface area contributed by atoms with E-state index in [0.717, 1.165) is 0 Å². The smallest absolute Gasteiger partial charge is 0.312 e. The number of fused-ring (bicyclic) bond motifs is 1. The molecule has 0 saturated heterocycles. The zero-order valence-corrected chi connectivity index (χ0v) is 11.1. The minimum Gasteiger partial charge on any atom is -0.508 e. The molecule has 1 aliphatic rings. The van der Waals surface area contributed by atoms with Crippen LogP contribution in [0.2, 0.25) is 0 Å². The topological polar surface area (TPSA) is 77.8 Å². The van der Waals surface area contributed by atoms with Crippen molar-refractivity contribution in [3.8, 4) is 5.75 Å². The van der Waals surface area contributed by atoms with Crippen molar-refractivity contribution in [3.63, 3.8) is 0 Å². The number of carbonyl (C=O) groups is 2. The van der Waals surface area contributed by atoms with Crippen LogP contribution in [0.4, 0.5) is 5.69 Å². The molecule has 2 N–H and O–H groups in total. The number of anilines is 1. The molecule has 0 aliphatic carbocycles. The minimum atomic E-state index is -0.950. The predicted octanol–water partition coefficient (Wildman–Crippen LogP) is 2.22. The Morgan fingerprint density at radius 3 is 2.57 bits per heavy atom. The number of carboxylic acid groups (broad SMARTS) is 1. The van der Waals surface area contributed by atoms with Gasteiger partial charge in [0.15, 0.2) is 0 Å². The monoisotopic (exact) mass is 283 g/mol. The second-order valence-electron chi connectivity index (χ2n) is 4.92. The Kier molecular flexibility index (Phi) is 3.10. The first-order valence-corrected chi connectivity index (χ1v) is 6.50. The molecule has 0 bridgehead atoms. The van der Waals surface area contributed by atoms with Crippen LogP contribution in [0.5, 0.6) is 5.75 Å². The number of phenols is 1. The van der Waals surface area contributed by atoms with E-state index in [1.807, 2.05) is 0 Å². The van der Waals surface area contributed by atoms with Crippen LogP contribution >= 0.6 is 0 Å². The predicted molar refractivity (Wildman–Crippen MR) is 76.6 cm³/mol. The molecule has 5 heteroatoms. The summed E-state index contributed by atoms with van der Waals surface area (Å²) in [4.78, 5) is 25.3. The van der Waals surface area contributed by atoms with Gasteiger partial charge in [-0.25, -0.2) is 0 Å². The Morgan fingerprint density at radius 1 is 1.10 bits per heavy atom. The highest BCUT2D eigenvalue weighted by molar-refractivity contribution is 6.08. The van der Waals surface area contributed by atoms with E-state index in [4.69, 9.17) is 0 Å². The number of para-hydroxylation sites is 1. The Bertz CT molecular complexity index is 726. The van der Waals surface area contributed by atoms with Gasteiger partial charge in [0.05, 0.1) is 0 Å². The van der Waals surface area contributed by atoms with Gasteiger partial charge in [0.2, 0.25) is 0 Å². The van der Waals surface area contributed by atoms with Gasteiger partial charge in [-0.1, -0.05) is 24.3 Å². The Labute approximate surface area is 121 Å². The molecule has 0 saturated carbocycles. The maximum atomic E-state index is 12.6. The van der Waals surface area contributed by atoms with E-state index in [2.05, 4.69) is 0 Å². The molecule has 1 amide bonds. The van der Waals surface area contributed by atoms with Crippen LogP contribution in [0, 0.1) is 0 Å². The molecular weight excluding hydrogens is 270 g/mol. The van der Waals surface area contributed by atoms with Crippen molar-refractivity contribution in [2.75, 3.05) is 11.4 Å². The summed E-state index contributed by atoms with van der Waals surface area (Å²) in [6.07, 6.45) is 0. The number of aliphatic carboxylic acids is 1. The van der Waals surface area contributed by atoms with Crippen LogP contribution in [0.3, 0.4) is 0 Å². The molecule has 0 aromatic heterocycles. The first-order chi connectivity index (χ1) is 10.1. The molecule has 1 atom stereocenters. The number of hydrogen-bond acceptors (Lipinski definition) is 3. The molecule has 0 fully saturated rings. The molecule has 1 heterocycles. The molecule has 2 aromatic rings. The fourth-order valence-electron chi connectivity index (χ4n) is 2.61. The molecule has 106 valence electrons. The number of carboxylic acids is 1. The van der Waals surface area contributed by atoms with Crippen molar-refractivity contribution in [2.45, 2.75) is 5.92 Å². The number of benzene rings is 2. The van der Waals surface area contributed by atoms with Gasteiger partial charge >= 0.3 is 5.97 Å². The molecule has 1 aliphatic heterocycles. The SMILES string of the molecule is O=C(O)C1CN(C(=O)c2cccc(O)c2)c2ccccc21. The van der Waals surface area contributed by atoms with Gasteiger partial charge in [0, 0.05) is 17.8 Å². The summed E-state index contributed by atoms with van der Waals surface area (Å²) in [6, 6.07) is 13.0. The summed E-state index contributed by atoms with van der Waals surface area (Å²) < 4.78 is 0. The van der Waals surface area contributed by atoms with E-state index in [9.17, 15) is 19.8 Å². The number of aromatic hydroxyl groups is 1. The van der Waals surface area contributed by atoms with Crippen LogP contribution < -0.4 is 4.90 Å². The van der Waals surface area contributed by atoms with Crippen molar-refractivity contribution < 1.29 is 19.8 Å². The Morgan fingerprint density at radius 2 is 1.86 bits per heavy atom. The third kappa shape index (κ3) is 2.23. The molecule has 0 radical (unpaired) electrons. The summed E-state index contributed by atoms with van der Waals surface area (Å²) in [5.41, 5.74) is 1.58. The van der Waals surface area contributed by atoms with E-state index in [0.29, 0.717) is 16.8 Å². The standard InChI is InChI=1S/C16H13NO4/c18-11-5-3-4-10(8-11)15(19)17-9-13(16(20)21)12-6-1-2-7-14(12)17/h1-8,13,18H,9H2,(H,20,21). The minimum absolute atomic E-state index is 0.00289. The molecule has 1 unspecified atom stereocenters. The van der Waals surface area contributed by atoms with Crippen LogP contribution in [0.1, 0.15) is 21.8 Å². The zero-order valence-electron chi connectivity index (χ0n) is 11.1. The number of rotatable bonds is 2. The highest BCUT2D eigenvalue weighted by atomic mass is 16.4. The highest BCUT2D eigenvalue weighted by Crippen LogP contribution is 2.37. The van der Waals surface area contributed by atoms with Gasteiger partial charge in [-0.15, -0.1) is 0 Å². The van der Waals surface area contributed by atoms with Crippen molar-refractivity contribution in [2.24, 2.45) is 0 Å². The number of phenolic OH excluding ortho intramolecular Hbond substituents is 1. The van der Waals surface area contributed by atoms with Gasteiger partial charge in [-0.3, -0.25) is 9.59 Å². The van der Waals surface area contributed by atoms with E-state index in [1.54, 1.807) is 36.4 Å². The lowest BCUT2D eigenvalue weighted by Crippen LogP contribution is -2.31. The number of nitrogens with zero attached hydrogens (tertiary/aromatic N) is 1. The van der Waals surface area contributed by atoms with E-state index >= 15 is 0 Å². The summed E-state index contributed by atoms with van der Waals surface area (Å²) >= 11 is 0. The fourth-order valence-corrected chi connectivity index (χ4v) is 2.61. The van der Waals surface area contributed by atoms with Gasteiger partial charge in [-0.2, -0.15) is 0 Å². The van der Waals surface area contributed by atoms with Gasteiger partial charge in [0.25, 0.3) is 5.91 Å². The lowest BCUT2D eigenvalue weighted by Gasteiger charge is -2.17. The normalized spacial score (nSPS) is 16.6. The quantitative estimate of drug-likeness (QED) is 0.886. The highest BCUT2D eigenvalue weighted by Gasteiger charge is 2.36. The molecule has 3 rings (SSSR count). The van der Waals surface area contributed by atoms with Crippen molar-refractivity contribution >= 4 is 17.6 Å². The summed E-state index contributed by atoms with van der Waals surface area (Å²) in [6.45, 7) is 0.100. The molecule has 5 nitrogen and oxygen atoms in total. The van der Waals surface area contributed by atoms with Gasteiger partial charge in [0.1, 0.15) is 11.7 Å². The van der Waals surface area contributed by atoms with E-state index < -0.39 is 11.9 Å². The van der Waals surface area contributed by atoms with Gasteiger partial charge < -0.3 is 15.1 Å². The Hall–Kier alpha value is -2.82. The average Bonchev–Trinajstić information content (AvgIpc) is 2.86. The number of amides is 1.